The summed E-state index contributed by atoms with van der Waals surface area (Å²) < 4.78 is 28.3. The van der Waals surface area contributed by atoms with Crippen LogP contribution >= 0.6 is 0 Å². The quantitative estimate of drug-likeness (QED) is 0.0228. The van der Waals surface area contributed by atoms with Gasteiger partial charge in [-0.1, -0.05) is 206 Å². The minimum atomic E-state index is -1.89. The maximum Gasteiger partial charge on any atom is 0.335 e. The van der Waals surface area contributed by atoms with Crippen molar-refractivity contribution in [3.05, 3.63) is 12.2 Å². The molecular weight excluding hydrogens is 829 g/mol. The minimum Gasteiger partial charge on any atom is -0.479 e. The Morgan fingerprint density at radius 1 is 0.492 bits per heavy atom. The number of aliphatic carboxylic acids is 1. The number of carbonyl (C=O) groups is 4. The molecule has 1 rings (SSSR count). The van der Waals surface area contributed by atoms with E-state index >= 15 is 0 Å². The maximum atomic E-state index is 13.0. The monoisotopic (exact) mass is 925 g/mol. The molecule has 1 aliphatic heterocycles. The Morgan fingerprint density at radius 2 is 0.892 bits per heavy atom. The highest BCUT2D eigenvalue weighted by Gasteiger charge is 2.50. The van der Waals surface area contributed by atoms with E-state index in [0.717, 1.165) is 83.5 Å². The van der Waals surface area contributed by atoms with Crippen LogP contribution in [-0.4, -0.2) is 89.2 Å². The summed E-state index contributed by atoms with van der Waals surface area (Å²) in [7, 11) is 0. The van der Waals surface area contributed by atoms with E-state index in [2.05, 4.69) is 32.9 Å². The van der Waals surface area contributed by atoms with Crippen molar-refractivity contribution in [3.8, 4) is 0 Å². The number of hydrogen-bond acceptors (Lipinski definition) is 11. The number of aliphatic hydroxyl groups is 2. The fourth-order valence-electron chi connectivity index (χ4n) is 8.17. The summed E-state index contributed by atoms with van der Waals surface area (Å²) >= 11 is 0. The minimum absolute atomic E-state index is 0.0653. The SMILES string of the molecule is CCCC/C=C\CCCCCCCC(=O)OC(COC(=O)CCCCCCCCCCCCCCCCC)COC1OC(C(=O)O)C(O)C(O)C1OC(=O)CCCCCCCCCCC. The van der Waals surface area contributed by atoms with E-state index in [1.807, 2.05) is 0 Å². The first-order valence-corrected chi connectivity index (χ1v) is 26.7. The highest BCUT2D eigenvalue weighted by atomic mass is 16.7. The highest BCUT2D eigenvalue weighted by Crippen LogP contribution is 2.26. The van der Waals surface area contributed by atoms with Crippen LogP contribution in [-0.2, 0) is 42.9 Å². The molecule has 0 radical (unpaired) electrons. The average molecular weight is 925 g/mol. The molecule has 65 heavy (non-hydrogen) atoms. The summed E-state index contributed by atoms with van der Waals surface area (Å²) in [6.07, 6.45) is 32.2. The molecule has 0 aromatic heterocycles. The smallest absolute Gasteiger partial charge is 0.335 e. The number of ether oxygens (including phenoxy) is 5. The number of hydrogen-bond donors (Lipinski definition) is 3. The molecule has 0 spiro atoms. The van der Waals surface area contributed by atoms with Crippen LogP contribution in [0.4, 0.5) is 0 Å². The first-order valence-electron chi connectivity index (χ1n) is 26.7. The number of unbranched alkanes of at least 4 members (excludes halogenated alkanes) is 29. The molecule has 0 saturated carbocycles. The van der Waals surface area contributed by atoms with Gasteiger partial charge in [0.1, 0.15) is 18.8 Å². The van der Waals surface area contributed by atoms with Crippen LogP contribution in [0.25, 0.3) is 0 Å². The Labute approximate surface area is 395 Å². The Hall–Kier alpha value is -2.54. The van der Waals surface area contributed by atoms with Gasteiger partial charge in [0.15, 0.2) is 24.6 Å². The van der Waals surface area contributed by atoms with Crippen LogP contribution in [0.3, 0.4) is 0 Å². The number of carboxylic acid groups (broad SMARTS) is 1. The molecule has 0 bridgehead atoms. The second kappa shape index (κ2) is 42.8. The maximum absolute atomic E-state index is 13.0. The fourth-order valence-corrected chi connectivity index (χ4v) is 8.17. The Bertz CT molecular complexity index is 1190. The Kier molecular flexibility index (Phi) is 39.8. The Morgan fingerprint density at radius 3 is 1.35 bits per heavy atom. The van der Waals surface area contributed by atoms with E-state index in [9.17, 15) is 34.5 Å². The van der Waals surface area contributed by atoms with E-state index in [-0.39, 0.29) is 25.9 Å². The van der Waals surface area contributed by atoms with Crippen molar-refractivity contribution in [3.63, 3.8) is 0 Å². The standard InChI is InChI=1S/C53H96O12/c1-4-7-10-13-16-19-21-22-23-24-26-28-30-33-36-39-45(54)61-42-44(63-46(55)40-37-34-32-29-25-20-17-14-11-8-5-2)43-62-53-51(49(58)48(57)50(65-53)52(59)60)64-47(56)41-38-35-31-27-18-15-12-9-6-3/h14,17,44,48-51,53,57-58H,4-13,15-16,18-43H2,1-3H3,(H,59,60)/b17-14-. The number of aliphatic hydroxyl groups excluding tert-OH is 2. The second-order valence-corrected chi connectivity index (χ2v) is 18.5. The lowest BCUT2D eigenvalue weighted by Gasteiger charge is -2.40. The van der Waals surface area contributed by atoms with Gasteiger partial charge in [0.2, 0.25) is 0 Å². The van der Waals surface area contributed by atoms with Gasteiger partial charge in [0.05, 0.1) is 6.61 Å². The molecule has 12 nitrogen and oxygen atoms in total. The van der Waals surface area contributed by atoms with Gasteiger partial charge in [-0.05, 0) is 38.5 Å². The summed E-state index contributed by atoms with van der Waals surface area (Å²) in [6, 6.07) is 0. The van der Waals surface area contributed by atoms with E-state index in [0.29, 0.717) is 19.3 Å². The van der Waals surface area contributed by atoms with Gasteiger partial charge in [-0.25, -0.2) is 4.79 Å². The normalized spacial score (nSPS) is 19.1. The van der Waals surface area contributed by atoms with Crippen LogP contribution in [0.5, 0.6) is 0 Å². The Balaban J connectivity index is 2.70. The van der Waals surface area contributed by atoms with Gasteiger partial charge in [-0.15, -0.1) is 0 Å². The van der Waals surface area contributed by atoms with Crippen LogP contribution in [0, 0.1) is 0 Å². The zero-order valence-corrected chi connectivity index (χ0v) is 41.5. The predicted molar refractivity (Wildman–Crippen MR) is 257 cm³/mol. The molecule has 1 fully saturated rings. The number of allylic oxidation sites excluding steroid dienone is 2. The third-order valence-corrected chi connectivity index (χ3v) is 12.3. The number of rotatable bonds is 45. The predicted octanol–water partition coefficient (Wildman–Crippen LogP) is 12.6. The zero-order valence-electron chi connectivity index (χ0n) is 41.5. The summed E-state index contributed by atoms with van der Waals surface area (Å²) in [5.41, 5.74) is 0. The molecule has 1 saturated heterocycles. The van der Waals surface area contributed by atoms with Crippen molar-refractivity contribution >= 4 is 23.9 Å². The molecule has 0 aliphatic carbocycles. The number of esters is 3. The fraction of sp³-hybridized carbons (Fsp3) is 0.887. The molecule has 0 aromatic rings. The molecule has 1 heterocycles. The van der Waals surface area contributed by atoms with Crippen molar-refractivity contribution in [1.82, 2.24) is 0 Å². The molecule has 0 amide bonds. The molecule has 3 N–H and O–H groups in total. The topological polar surface area (TPSA) is 175 Å². The van der Waals surface area contributed by atoms with Crippen molar-refractivity contribution in [2.45, 2.75) is 289 Å². The zero-order chi connectivity index (χ0) is 47.6. The van der Waals surface area contributed by atoms with E-state index in [1.165, 1.54) is 109 Å². The molecule has 1 aliphatic rings. The number of carboxylic acids is 1. The second-order valence-electron chi connectivity index (χ2n) is 18.5. The van der Waals surface area contributed by atoms with E-state index in [4.69, 9.17) is 23.7 Å². The van der Waals surface area contributed by atoms with Gasteiger partial charge in [0, 0.05) is 19.3 Å². The first kappa shape index (κ1) is 60.5. The van der Waals surface area contributed by atoms with Gasteiger partial charge in [0.25, 0.3) is 0 Å². The van der Waals surface area contributed by atoms with Gasteiger partial charge < -0.3 is 39.0 Å². The highest BCUT2D eigenvalue weighted by molar-refractivity contribution is 5.74. The molecular formula is C53H96O12. The lowest BCUT2D eigenvalue weighted by molar-refractivity contribution is -0.301. The molecule has 6 atom stereocenters. The molecule has 380 valence electrons. The van der Waals surface area contributed by atoms with Crippen molar-refractivity contribution in [1.29, 1.82) is 0 Å². The molecule has 12 heteroatoms. The largest absolute Gasteiger partial charge is 0.479 e. The lowest BCUT2D eigenvalue weighted by atomic mass is 9.98. The van der Waals surface area contributed by atoms with E-state index in [1.54, 1.807) is 0 Å². The van der Waals surface area contributed by atoms with Crippen molar-refractivity contribution in [2.75, 3.05) is 13.2 Å². The van der Waals surface area contributed by atoms with Crippen LogP contribution in [0.15, 0.2) is 12.2 Å². The van der Waals surface area contributed by atoms with E-state index < -0.39 is 67.3 Å². The third-order valence-electron chi connectivity index (χ3n) is 12.3. The first-order chi connectivity index (χ1) is 31.6. The van der Waals surface area contributed by atoms with Crippen LogP contribution < -0.4 is 0 Å². The lowest BCUT2D eigenvalue weighted by Crippen LogP contribution is -2.61. The average Bonchev–Trinajstić information content (AvgIpc) is 3.29. The van der Waals surface area contributed by atoms with Crippen molar-refractivity contribution < 1.29 is 58.2 Å². The molecule has 6 unspecified atom stereocenters. The van der Waals surface area contributed by atoms with Crippen LogP contribution in [0.2, 0.25) is 0 Å². The van der Waals surface area contributed by atoms with Gasteiger partial charge >= 0.3 is 23.9 Å². The summed E-state index contributed by atoms with van der Waals surface area (Å²) in [5, 5.41) is 31.2. The number of carbonyl (C=O) groups excluding carboxylic acids is 3. The summed E-state index contributed by atoms with van der Waals surface area (Å²) in [5.74, 6) is -3.11. The van der Waals surface area contributed by atoms with Gasteiger partial charge in [-0.2, -0.15) is 0 Å². The summed E-state index contributed by atoms with van der Waals surface area (Å²) in [6.45, 7) is 5.91. The van der Waals surface area contributed by atoms with Crippen LogP contribution in [0.1, 0.15) is 252 Å². The summed E-state index contributed by atoms with van der Waals surface area (Å²) in [4.78, 5) is 50.7. The van der Waals surface area contributed by atoms with Crippen molar-refractivity contribution in [2.24, 2.45) is 0 Å². The molecule has 0 aromatic carbocycles. The third kappa shape index (κ3) is 33.6. The van der Waals surface area contributed by atoms with Gasteiger partial charge in [-0.3, -0.25) is 14.4 Å².